The number of thiazole rings is 1. The number of aromatic nitrogens is 1. The summed E-state index contributed by atoms with van der Waals surface area (Å²) in [7, 11) is 0. The van der Waals surface area contributed by atoms with E-state index in [1.165, 1.54) is 29.0 Å². The van der Waals surface area contributed by atoms with E-state index < -0.39 is 0 Å². The first-order valence-corrected chi connectivity index (χ1v) is 8.60. The lowest BCUT2D eigenvalue weighted by Gasteiger charge is -2.03. The maximum atomic E-state index is 13.2. The first-order valence-electron chi connectivity index (χ1n) is 7.73. The lowest BCUT2D eigenvalue weighted by molar-refractivity contribution is 0.628. The molecule has 25 heavy (non-hydrogen) atoms. The molecule has 0 saturated heterocycles. The van der Waals surface area contributed by atoms with Gasteiger partial charge in [-0.1, -0.05) is 29.8 Å². The molecule has 0 saturated carbocycles. The van der Waals surface area contributed by atoms with Gasteiger partial charge in [0.05, 0.1) is 5.69 Å². The number of hydrogen-bond donors (Lipinski definition) is 1. The molecular formula is C20H16FN3S. The first-order chi connectivity index (χ1) is 12.1. The average molecular weight is 349 g/mol. The summed E-state index contributed by atoms with van der Waals surface area (Å²) >= 11 is 1.41. The number of nitrogens with one attached hydrogen (secondary N) is 1. The molecule has 0 aliphatic heterocycles. The number of allylic oxidation sites excluding steroid dienone is 1. The van der Waals surface area contributed by atoms with Crippen molar-refractivity contribution >= 4 is 22.6 Å². The summed E-state index contributed by atoms with van der Waals surface area (Å²) in [5.41, 5.74) is 5.25. The van der Waals surface area contributed by atoms with Gasteiger partial charge in [-0.2, -0.15) is 5.26 Å². The van der Waals surface area contributed by atoms with Crippen LogP contribution in [0, 0.1) is 31.0 Å². The molecule has 1 N–H and O–H groups in total. The van der Waals surface area contributed by atoms with E-state index in [-0.39, 0.29) is 5.82 Å². The lowest BCUT2D eigenvalue weighted by Crippen LogP contribution is -1.92. The molecule has 0 radical (unpaired) electrons. The Morgan fingerprint density at radius 2 is 2.08 bits per heavy atom. The molecule has 1 heterocycles. The van der Waals surface area contributed by atoms with Gasteiger partial charge >= 0.3 is 0 Å². The van der Waals surface area contributed by atoms with Gasteiger partial charge in [-0.15, -0.1) is 11.3 Å². The average Bonchev–Trinajstić information content (AvgIpc) is 3.05. The standard InChI is InChI=1S/C20H16FN3S/c1-13-6-7-18(14(2)8-13)19-12-25-20(24-19)15(10-22)11-23-17-5-3-4-16(21)9-17/h3-9,11-12,23H,1-2H3/b15-11+. The van der Waals surface area contributed by atoms with Gasteiger partial charge in [0.1, 0.15) is 22.5 Å². The van der Waals surface area contributed by atoms with Crippen molar-refractivity contribution in [1.29, 1.82) is 5.26 Å². The van der Waals surface area contributed by atoms with Crippen LogP contribution in [0.3, 0.4) is 0 Å². The second-order valence-electron chi connectivity index (χ2n) is 5.68. The third-order valence-electron chi connectivity index (χ3n) is 3.72. The van der Waals surface area contributed by atoms with E-state index in [0.29, 0.717) is 16.3 Å². The SMILES string of the molecule is Cc1ccc(-c2csc(/C(C#N)=C/Nc3cccc(F)c3)n2)c(C)c1. The van der Waals surface area contributed by atoms with Crippen molar-refractivity contribution in [3.63, 3.8) is 0 Å². The molecule has 124 valence electrons. The predicted molar refractivity (Wildman–Crippen MR) is 101 cm³/mol. The quantitative estimate of drug-likeness (QED) is 0.629. The molecule has 1 aromatic heterocycles. The fourth-order valence-corrected chi connectivity index (χ4v) is 3.28. The lowest BCUT2D eigenvalue weighted by atomic mass is 10.0. The number of hydrogen-bond acceptors (Lipinski definition) is 4. The van der Waals surface area contributed by atoms with Crippen molar-refractivity contribution in [3.05, 3.63) is 76.0 Å². The summed E-state index contributed by atoms with van der Waals surface area (Å²) in [6.07, 6.45) is 1.55. The molecule has 0 bridgehead atoms. The predicted octanol–water partition coefficient (Wildman–Crippen LogP) is 5.54. The van der Waals surface area contributed by atoms with Gasteiger partial charge < -0.3 is 5.32 Å². The number of benzene rings is 2. The van der Waals surface area contributed by atoms with Gasteiger partial charge in [0.2, 0.25) is 0 Å². The van der Waals surface area contributed by atoms with E-state index in [9.17, 15) is 9.65 Å². The third-order valence-corrected chi connectivity index (χ3v) is 4.60. The minimum absolute atomic E-state index is 0.330. The molecule has 0 fully saturated rings. The Kier molecular flexibility index (Phi) is 4.92. The Bertz CT molecular complexity index is 983. The van der Waals surface area contributed by atoms with Crippen LogP contribution in [0.4, 0.5) is 10.1 Å². The van der Waals surface area contributed by atoms with Crippen LogP contribution in [-0.2, 0) is 0 Å². The van der Waals surface area contributed by atoms with Gasteiger partial charge in [0.25, 0.3) is 0 Å². The van der Waals surface area contributed by atoms with Gasteiger partial charge in [-0.25, -0.2) is 9.37 Å². The molecule has 0 atom stereocenters. The van der Waals surface area contributed by atoms with E-state index >= 15 is 0 Å². The van der Waals surface area contributed by atoms with E-state index in [0.717, 1.165) is 16.8 Å². The maximum absolute atomic E-state index is 13.2. The second kappa shape index (κ2) is 7.29. The number of nitrogens with zero attached hydrogens (tertiary/aromatic N) is 2. The van der Waals surface area contributed by atoms with Crippen molar-refractivity contribution in [2.75, 3.05) is 5.32 Å². The zero-order valence-corrected chi connectivity index (χ0v) is 14.7. The van der Waals surface area contributed by atoms with Crippen LogP contribution in [-0.4, -0.2) is 4.98 Å². The van der Waals surface area contributed by atoms with E-state index in [1.807, 2.05) is 24.4 Å². The highest BCUT2D eigenvalue weighted by Gasteiger charge is 2.10. The van der Waals surface area contributed by atoms with Crippen molar-refractivity contribution in [2.24, 2.45) is 0 Å². The molecule has 5 heteroatoms. The largest absolute Gasteiger partial charge is 0.360 e. The van der Waals surface area contributed by atoms with Crippen LogP contribution in [0.25, 0.3) is 16.8 Å². The second-order valence-corrected chi connectivity index (χ2v) is 6.54. The topological polar surface area (TPSA) is 48.7 Å². The highest BCUT2D eigenvalue weighted by molar-refractivity contribution is 7.11. The zero-order valence-electron chi connectivity index (χ0n) is 13.9. The summed E-state index contributed by atoms with van der Waals surface area (Å²) in [5.74, 6) is -0.330. The summed E-state index contributed by atoms with van der Waals surface area (Å²) < 4.78 is 13.2. The summed E-state index contributed by atoms with van der Waals surface area (Å²) in [5, 5.41) is 14.9. The minimum atomic E-state index is -0.330. The molecule has 0 amide bonds. The van der Waals surface area contributed by atoms with Crippen LogP contribution in [0.1, 0.15) is 16.1 Å². The van der Waals surface area contributed by atoms with Crippen LogP contribution in [0.2, 0.25) is 0 Å². The highest BCUT2D eigenvalue weighted by atomic mass is 32.1. The Morgan fingerprint density at radius 1 is 1.24 bits per heavy atom. The van der Waals surface area contributed by atoms with Gasteiger partial charge in [-0.05, 0) is 37.6 Å². The number of aryl methyl sites for hydroxylation is 2. The first kappa shape index (κ1) is 16.9. The van der Waals surface area contributed by atoms with Crippen molar-refractivity contribution < 1.29 is 4.39 Å². The van der Waals surface area contributed by atoms with Crippen LogP contribution >= 0.6 is 11.3 Å². The zero-order chi connectivity index (χ0) is 17.8. The van der Waals surface area contributed by atoms with Crippen LogP contribution in [0.15, 0.2) is 54.0 Å². The highest BCUT2D eigenvalue weighted by Crippen LogP contribution is 2.28. The fraction of sp³-hybridized carbons (Fsp3) is 0.100. The normalized spacial score (nSPS) is 11.2. The molecule has 0 unspecified atom stereocenters. The smallest absolute Gasteiger partial charge is 0.136 e. The van der Waals surface area contributed by atoms with Crippen molar-refractivity contribution in [3.8, 4) is 17.3 Å². The van der Waals surface area contributed by atoms with E-state index in [1.54, 1.807) is 18.3 Å². The molecule has 3 nitrogen and oxygen atoms in total. The number of rotatable bonds is 4. The molecule has 0 spiro atoms. The Morgan fingerprint density at radius 3 is 2.80 bits per heavy atom. The Hall–Kier alpha value is -2.97. The maximum Gasteiger partial charge on any atom is 0.136 e. The molecule has 3 aromatic rings. The fourth-order valence-electron chi connectivity index (χ4n) is 2.50. The van der Waals surface area contributed by atoms with Crippen molar-refractivity contribution in [1.82, 2.24) is 4.98 Å². The van der Waals surface area contributed by atoms with Gasteiger partial charge in [0, 0.05) is 22.8 Å². The van der Waals surface area contributed by atoms with Crippen LogP contribution < -0.4 is 5.32 Å². The molecular weight excluding hydrogens is 333 g/mol. The third kappa shape index (κ3) is 3.93. The van der Waals surface area contributed by atoms with E-state index in [4.69, 9.17) is 0 Å². The molecule has 0 aliphatic rings. The molecule has 3 rings (SSSR count). The summed E-state index contributed by atoms with van der Waals surface area (Å²) in [6, 6.07) is 14.4. The monoisotopic (exact) mass is 349 g/mol. The number of nitriles is 1. The molecule has 0 aliphatic carbocycles. The molecule has 2 aromatic carbocycles. The Labute approximate surface area is 150 Å². The Balaban J connectivity index is 1.86. The van der Waals surface area contributed by atoms with E-state index in [2.05, 4.69) is 29.4 Å². The summed E-state index contributed by atoms with van der Waals surface area (Å²) in [4.78, 5) is 4.59. The summed E-state index contributed by atoms with van der Waals surface area (Å²) in [6.45, 7) is 4.10. The van der Waals surface area contributed by atoms with Gasteiger partial charge in [0.15, 0.2) is 0 Å². The van der Waals surface area contributed by atoms with Crippen LogP contribution in [0.5, 0.6) is 0 Å². The minimum Gasteiger partial charge on any atom is -0.360 e. The van der Waals surface area contributed by atoms with Gasteiger partial charge in [-0.3, -0.25) is 0 Å². The van der Waals surface area contributed by atoms with Crippen molar-refractivity contribution in [2.45, 2.75) is 13.8 Å². The number of halogens is 1. The number of anilines is 1.